The number of hydrogen-bond donors (Lipinski definition) is 0. The van der Waals surface area contributed by atoms with E-state index in [1.807, 2.05) is 42.5 Å². The lowest BCUT2D eigenvalue weighted by molar-refractivity contribution is 0.255. The summed E-state index contributed by atoms with van der Waals surface area (Å²) in [5.74, 6) is -0.158. The molecule has 2 aromatic carbocycles. The van der Waals surface area contributed by atoms with Gasteiger partial charge in [0, 0.05) is 32.6 Å². The van der Waals surface area contributed by atoms with Crippen molar-refractivity contribution in [3.05, 3.63) is 54.3 Å². The molecule has 1 heterocycles. The summed E-state index contributed by atoms with van der Waals surface area (Å²) in [6.07, 6.45) is 1.52. The van der Waals surface area contributed by atoms with E-state index in [4.69, 9.17) is 5.26 Å². The SMILES string of the molecule is N#CCCCN1CCN(c2ccc(-c3ccccc3)cc2F)CC1. The zero-order valence-electron chi connectivity index (χ0n) is 13.8. The fourth-order valence-corrected chi connectivity index (χ4v) is 3.17. The standard InChI is InChI=1S/C20H22FN3/c21-19-16-18(17-6-2-1-3-7-17)8-9-20(19)24-14-12-23(13-15-24)11-5-4-10-22/h1-3,6-9,16H,4-5,11-15H2. The highest BCUT2D eigenvalue weighted by molar-refractivity contribution is 5.66. The Balaban J connectivity index is 1.63. The minimum absolute atomic E-state index is 0.158. The van der Waals surface area contributed by atoms with E-state index in [1.165, 1.54) is 0 Å². The smallest absolute Gasteiger partial charge is 0.147 e. The third-order valence-electron chi connectivity index (χ3n) is 4.53. The second kappa shape index (κ2) is 7.94. The molecular formula is C20H22FN3. The molecule has 0 radical (unpaired) electrons. The van der Waals surface area contributed by atoms with Crippen molar-refractivity contribution in [2.24, 2.45) is 0 Å². The Hall–Kier alpha value is -2.38. The van der Waals surface area contributed by atoms with Crippen molar-refractivity contribution in [3.63, 3.8) is 0 Å². The number of halogens is 1. The van der Waals surface area contributed by atoms with Crippen LogP contribution in [0.15, 0.2) is 48.5 Å². The van der Waals surface area contributed by atoms with E-state index >= 15 is 0 Å². The van der Waals surface area contributed by atoms with Gasteiger partial charge in [-0.05, 0) is 36.2 Å². The van der Waals surface area contributed by atoms with Gasteiger partial charge in [-0.1, -0.05) is 36.4 Å². The lowest BCUT2D eigenvalue weighted by atomic mass is 10.0. The third-order valence-corrected chi connectivity index (χ3v) is 4.53. The largest absolute Gasteiger partial charge is 0.367 e. The second-order valence-corrected chi connectivity index (χ2v) is 6.12. The van der Waals surface area contributed by atoms with Crippen molar-refractivity contribution in [2.45, 2.75) is 12.8 Å². The van der Waals surface area contributed by atoms with Crippen LogP contribution < -0.4 is 4.90 Å². The van der Waals surface area contributed by atoms with Gasteiger partial charge in [0.15, 0.2) is 0 Å². The summed E-state index contributed by atoms with van der Waals surface area (Å²) < 4.78 is 14.6. The van der Waals surface area contributed by atoms with Gasteiger partial charge in [0.25, 0.3) is 0 Å². The molecule has 1 aliphatic rings. The summed E-state index contributed by atoms with van der Waals surface area (Å²) in [6.45, 7) is 4.45. The summed E-state index contributed by atoms with van der Waals surface area (Å²) >= 11 is 0. The molecule has 1 saturated heterocycles. The number of hydrogen-bond acceptors (Lipinski definition) is 3. The fourth-order valence-electron chi connectivity index (χ4n) is 3.17. The Morgan fingerprint density at radius 1 is 0.958 bits per heavy atom. The first-order valence-electron chi connectivity index (χ1n) is 8.47. The van der Waals surface area contributed by atoms with Crippen LogP contribution in [0.4, 0.5) is 10.1 Å². The molecule has 1 fully saturated rings. The van der Waals surface area contributed by atoms with E-state index in [2.05, 4.69) is 15.9 Å². The lowest BCUT2D eigenvalue weighted by Crippen LogP contribution is -2.46. The molecule has 3 rings (SSSR count). The van der Waals surface area contributed by atoms with Crippen molar-refractivity contribution >= 4 is 5.69 Å². The zero-order valence-corrected chi connectivity index (χ0v) is 13.8. The molecule has 0 amide bonds. The Labute approximate surface area is 142 Å². The minimum atomic E-state index is -0.158. The molecule has 0 saturated carbocycles. The van der Waals surface area contributed by atoms with Crippen LogP contribution in [0.1, 0.15) is 12.8 Å². The van der Waals surface area contributed by atoms with Crippen LogP contribution in [0, 0.1) is 17.1 Å². The van der Waals surface area contributed by atoms with Crippen molar-refractivity contribution in [3.8, 4) is 17.2 Å². The molecule has 0 spiro atoms. The van der Waals surface area contributed by atoms with Gasteiger partial charge < -0.3 is 4.90 Å². The van der Waals surface area contributed by atoms with E-state index in [0.717, 1.165) is 50.3 Å². The van der Waals surface area contributed by atoms with Crippen molar-refractivity contribution < 1.29 is 4.39 Å². The molecule has 124 valence electrons. The van der Waals surface area contributed by atoms with Crippen molar-refractivity contribution in [1.29, 1.82) is 5.26 Å². The van der Waals surface area contributed by atoms with Gasteiger partial charge in [-0.3, -0.25) is 4.90 Å². The molecule has 0 atom stereocenters. The number of benzene rings is 2. The van der Waals surface area contributed by atoms with Gasteiger partial charge >= 0.3 is 0 Å². The molecule has 24 heavy (non-hydrogen) atoms. The molecule has 4 heteroatoms. The van der Waals surface area contributed by atoms with Gasteiger partial charge in [-0.25, -0.2) is 4.39 Å². The van der Waals surface area contributed by atoms with Crippen molar-refractivity contribution in [2.75, 3.05) is 37.6 Å². The molecule has 1 aliphatic heterocycles. The van der Waals surface area contributed by atoms with E-state index in [9.17, 15) is 4.39 Å². The zero-order chi connectivity index (χ0) is 16.8. The molecule has 0 bridgehead atoms. The highest BCUT2D eigenvalue weighted by atomic mass is 19.1. The first kappa shape index (κ1) is 16.5. The van der Waals surface area contributed by atoms with Gasteiger partial charge in [-0.2, -0.15) is 5.26 Å². The van der Waals surface area contributed by atoms with Crippen molar-refractivity contribution in [1.82, 2.24) is 4.90 Å². The van der Waals surface area contributed by atoms with E-state index < -0.39 is 0 Å². The normalized spacial score (nSPS) is 15.2. The molecule has 0 unspecified atom stereocenters. The van der Waals surface area contributed by atoms with E-state index in [-0.39, 0.29) is 5.82 Å². The predicted octanol–water partition coefficient (Wildman–Crippen LogP) is 3.92. The van der Waals surface area contributed by atoms with Gasteiger partial charge in [0.1, 0.15) is 5.82 Å². The first-order valence-corrected chi connectivity index (χ1v) is 8.47. The number of rotatable bonds is 5. The predicted molar refractivity (Wildman–Crippen MR) is 95.3 cm³/mol. The van der Waals surface area contributed by atoms with Gasteiger partial charge in [0.05, 0.1) is 11.8 Å². The van der Waals surface area contributed by atoms with Crippen LogP contribution in [0.5, 0.6) is 0 Å². The second-order valence-electron chi connectivity index (χ2n) is 6.12. The number of piperazine rings is 1. The Morgan fingerprint density at radius 3 is 2.38 bits per heavy atom. The quantitative estimate of drug-likeness (QED) is 0.781. The highest BCUT2D eigenvalue weighted by Crippen LogP contribution is 2.27. The van der Waals surface area contributed by atoms with Crippen LogP contribution >= 0.6 is 0 Å². The maximum absolute atomic E-state index is 14.6. The molecular weight excluding hydrogens is 301 g/mol. The fraction of sp³-hybridized carbons (Fsp3) is 0.350. The average Bonchev–Trinajstić information content (AvgIpc) is 2.63. The minimum Gasteiger partial charge on any atom is -0.367 e. The van der Waals surface area contributed by atoms with Gasteiger partial charge in [0.2, 0.25) is 0 Å². The molecule has 0 N–H and O–H groups in total. The Bertz CT molecular complexity index is 701. The molecule has 3 nitrogen and oxygen atoms in total. The molecule has 2 aromatic rings. The van der Waals surface area contributed by atoms with E-state index in [1.54, 1.807) is 6.07 Å². The monoisotopic (exact) mass is 323 g/mol. The maximum Gasteiger partial charge on any atom is 0.147 e. The summed E-state index contributed by atoms with van der Waals surface area (Å²) in [5, 5.41) is 8.60. The molecule has 0 aliphatic carbocycles. The summed E-state index contributed by atoms with van der Waals surface area (Å²) in [4.78, 5) is 4.47. The van der Waals surface area contributed by atoms with Gasteiger partial charge in [-0.15, -0.1) is 0 Å². The maximum atomic E-state index is 14.6. The number of nitrogens with zero attached hydrogens (tertiary/aromatic N) is 3. The van der Waals surface area contributed by atoms with Crippen LogP contribution in [0.2, 0.25) is 0 Å². The van der Waals surface area contributed by atoms with E-state index in [0.29, 0.717) is 12.1 Å². The highest BCUT2D eigenvalue weighted by Gasteiger charge is 2.19. The first-order chi connectivity index (χ1) is 11.8. The Kier molecular flexibility index (Phi) is 5.45. The summed E-state index contributed by atoms with van der Waals surface area (Å²) in [6, 6.07) is 17.6. The van der Waals surface area contributed by atoms with Crippen LogP contribution in [0.3, 0.4) is 0 Å². The van der Waals surface area contributed by atoms with Crippen LogP contribution in [0.25, 0.3) is 11.1 Å². The lowest BCUT2D eigenvalue weighted by Gasteiger charge is -2.36. The number of nitriles is 1. The Morgan fingerprint density at radius 2 is 1.71 bits per heavy atom. The number of anilines is 1. The average molecular weight is 323 g/mol. The topological polar surface area (TPSA) is 30.3 Å². The number of unbranched alkanes of at least 4 members (excludes halogenated alkanes) is 1. The summed E-state index contributed by atoms with van der Waals surface area (Å²) in [5.41, 5.74) is 2.63. The summed E-state index contributed by atoms with van der Waals surface area (Å²) in [7, 11) is 0. The third kappa shape index (κ3) is 3.93. The van der Waals surface area contributed by atoms with Crippen LogP contribution in [-0.4, -0.2) is 37.6 Å². The van der Waals surface area contributed by atoms with Crippen LogP contribution in [-0.2, 0) is 0 Å². The molecule has 0 aromatic heterocycles.